The number of anilines is 1. The summed E-state index contributed by atoms with van der Waals surface area (Å²) in [5.74, 6) is -2.32. The summed E-state index contributed by atoms with van der Waals surface area (Å²) in [6.45, 7) is 1.95. The fourth-order valence-electron chi connectivity index (χ4n) is 2.51. The zero-order chi connectivity index (χ0) is 17.3. The first-order valence-electron chi connectivity index (χ1n) is 7.43. The molecule has 3 aromatic rings. The Morgan fingerprint density at radius 3 is 2.62 bits per heavy atom. The maximum absolute atomic E-state index is 13.8. The lowest BCUT2D eigenvalue weighted by Crippen LogP contribution is -2.18. The van der Waals surface area contributed by atoms with E-state index in [1.807, 2.05) is 6.92 Å². The Morgan fingerprint density at radius 2 is 1.96 bits per heavy atom. The number of rotatable bonds is 4. The number of aromatic nitrogens is 2. The van der Waals surface area contributed by atoms with Crippen LogP contribution in [0.3, 0.4) is 0 Å². The fourth-order valence-corrected chi connectivity index (χ4v) is 2.67. The van der Waals surface area contributed by atoms with Crippen LogP contribution >= 0.6 is 11.6 Å². The van der Waals surface area contributed by atoms with Gasteiger partial charge < -0.3 is 5.32 Å². The lowest BCUT2D eigenvalue weighted by molar-refractivity contribution is 0.101. The Hall–Kier alpha value is -2.47. The van der Waals surface area contributed by atoms with Crippen molar-refractivity contribution in [3.05, 3.63) is 64.6 Å². The van der Waals surface area contributed by atoms with E-state index < -0.39 is 23.2 Å². The molecule has 0 unspecified atom stereocenters. The molecule has 0 aliphatic rings. The molecule has 4 nitrogen and oxygen atoms in total. The lowest BCUT2D eigenvalue weighted by Gasteiger charge is -2.09. The van der Waals surface area contributed by atoms with Gasteiger partial charge in [-0.3, -0.25) is 9.20 Å². The minimum Gasteiger partial charge on any atom is -0.316 e. The van der Waals surface area contributed by atoms with E-state index in [0.29, 0.717) is 22.8 Å². The number of fused-ring (bicyclic) bond motifs is 1. The number of hydrogen-bond donors (Lipinski definition) is 1. The van der Waals surface area contributed by atoms with E-state index in [1.165, 1.54) is 10.5 Å². The highest BCUT2D eigenvalue weighted by Crippen LogP contribution is 2.22. The molecule has 3 rings (SSSR count). The summed E-state index contributed by atoms with van der Waals surface area (Å²) in [6.07, 6.45) is 2.88. The van der Waals surface area contributed by atoms with Crippen LogP contribution in [-0.4, -0.2) is 15.3 Å². The number of hydrogen-bond acceptors (Lipinski definition) is 2. The highest BCUT2D eigenvalue weighted by Gasteiger charge is 2.21. The quantitative estimate of drug-likeness (QED) is 0.755. The van der Waals surface area contributed by atoms with E-state index >= 15 is 0 Å². The van der Waals surface area contributed by atoms with E-state index in [2.05, 4.69) is 10.3 Å². The van der Waals surface area contributed by atoms with Crippen LogP contribution in [0.25, 0.3) is 5.65 Å². The Labute approximate surface area is 142 Å². The second-order valence-corrected chi connectivity index (χ2v) is 5.72. The molecule has 1 N–H and O–H groups in total. The standard InChI is InChI=1S/C17H14ClF2N3O/c1-2-4-13-16(23-9-10(18)7-8-14(23)21-13)17(24)22-15-11(19)5-3-6-12(15)20/h3,5-9H,2,4H2,1H3,(H,22,24). The number of para-hydroxylation sites is 1. The third kappa shape index (κ3) is 2.97. The number of halogens is 3. The summed E-state index contributed by atoms with van der Waals surface area (Å²) < 4.78 is 29.1. The van der Waals surface area contributed by atoms with Crippen molar-refractivity contribution in [2.75, 3.05) is 5.32 Å². The summed E-state index contributed by atoms with van der Waals surface area (Å²) in [6, 6.07) is 6.74. The van der Waals surface area contributed by atoms with Crippen LogP contribution in [0.1, 0.15) is 29.5 Å². The van der Waals surface area contributed by atoms with E-state index in [4.69, 9.17) is 11.6 Å². The maximum atomic E-state index is 13.8. The van der Waals surface area contributed by atoms with Crippen LogP contribution < -0.4 is 5.32 Å². The van der Waals surface area contributed by atoms with Crippen molar-refractivity contribution in [3.63, 3.8) is 0 Å². The Balaban J connectivity index is 2.08. The number of amides is 1. The first-order valence-corrected chi connectivity index (χ1v) is 7.81. The van der Waals surface area contributed by atoms with Crippen LogP contribution in [0, 0.1) is 11.6 Å². The average Bonchev–Trinajstić information content (AvgIpc) is 2.88. The van der Waals surface area contributed by atoms with Crippen LogP contribution in [0.4, 0.5) is 14.5 Å². The largest absolute Gasteiger partial charge is 0.316 e. The van der Waals surface area contributed by atoms with Crippen molar-refractivity contribution in [1.82, 2.24) is 9.38 Å². The molecule has 0 saturated carbocycles. The Kier molecular flexibility index (Phi) is 4.49. The van der Waals surface area contributed by atoms with Crippen LogP contribution in [-0.2, 0) is 6.42 Å². The lowest BCUT2D eigenvalue weighted by atomic mass is 10.2. The number of nitrogens with one attached hydrogen (secondary N) is 1. The van der Waals surface area contributed by atoms with Gasteiger partial charge in [-0.1, -0.05) is 31.0 Å². The van der Waals surface area contributed by atoms with Gasteiger partial charge in [-0.25, -0.2) is 13.8 Å². The minimum absolute atomic E-state index is 0.219. The third-order valence-electron chi connectivity index (χ3n) is 3.56. The smallest absolute Gasteiger partial charge is 0.274 e. The van der Waals surface area contributed by atoms with Crippen LogP contribution in [0.2, 0.25) is 5.02 Å². The highest BCUT2D eigenvalue weighted by molar-refractivity contribution is 6.30. The summed E-state index contributed by atoms with van der Waals surface area (Å²) in [5, 5.41) is 2.72. The topological polar surface area (TPSA) is 46.4 Å². The van der Waals surface area contributed by atoms with Crippen molar-refractivity contribution in [2.45, 2.75) is 19.8 Å². The Morgan fingerprint density at radius 1 is 1.25 bits per heavy atom. The molecular weight excluding hydrogens is 336 g/mol. The Bertz CT molecular complexity index is 903. The zero-order valence-electron chi connectivity index (χ0n) is 12.8. The molecule has 2 aromatic heterocycles. The molecule has 0 bridgehead atoms. The molecule has 0 aliphatic carbocycles. The molecule has 0 spiro atoms. The number of aryl methyl sites for hydroxylation is 1. The van der Waals surface area contributed by atoms with E-state index in [-0.39, 0.29) is 5.69 Å². The molecular formula is C17H14ClF2N3O. The third-order valence-corrected chi connectivity index (χ3v) is 3.78. The number of benzene rings is 1. The zero-order valence-corrected chi connectivity index (χ0v) is 13.6. The predicted octanol–water partition coefficient (Wildman–Crippen LogP) is 4.47. The molecule has 1 aromatic carbocycles. The molecule has 7 heteroatoms. The summed E-state index contributed by atoms with van der Waals surface area (Å²) in [4.78, 5) is 17.1. The fraction of sp³-hybridized carbons (Fsp3) is 0.176. The molecule has 24 heavy (non-hydrogen) atoms. The van der Waals surface area contributed by atoms with Crippen molar-refractivity contribution in [1.29, 1.82) is 0 Å². The van der Waals surface area contributed by atoms with Gasteiger partial charge in [0.25, 0.3) is 5.91 Å². The van der Waals surface area contributed by atoms with Crippen molar-refractivity contribution < 1.29 is 13.6 Å². The number of pyridine rings is 1. The second kappa shape index (κ2) is 6.57. The molecule has 124 valence electrons. The molecule has 1 amide bonds. The first kappa shape index (κ1) is 16.4. The van der Waals surface area contributed by atoms with Crippen LogP contribution in [0.15, 0.2) is 36.5 Å². The number of carbonyl (C=O) groups excluding carboxylic acids is 1. The van der Waals surface area contributed by atoms with Crippen molar-refractivity contribution in [3.8, 4) is 0 Å². The van der Waals surface area contributed by atoms with Gasteiger partial charge in [0.2, 0.25) is 0 Å². The van der Waals surface area contributed by atoms with Gasteiger partial charge in [-0.2, -0.15) is 0 Å². The van der Waals surface area contributed by atoms with Crippen LogP contribution in [0.5, 0.6) is 0 Å². The molecule has 2 heterocycles. The summed E-state index contributed by atoms with van der Waals surface area (Å²) >= 11 is 5.99. The maximum Gasteiger partial charge on any atom is 0.274 e. The summed E-state index contributed by atoms with van der Waals surface area (Å²) in [5.41, 5.74) is 0.829. The summed E-state index contributed by atoms with van der Waals surface area (Å²) in [7, 11) is 0. The predicted molar refractivity (Wildman–Crippen MR) is 88.5 cm³/mol. The SMILES string of the molecule is CCCc1nc2ccc(Cl)cn2c1C(=O)Nc1c(F)cccc1F. The molecule has 0 saturated heterocycles. The monoisotopic (exact) mass is 349 g/mol. The van der Waals surface area contributed by atoms with E-state index in [1.54, 1.807) is 18.3 Å². The molecule has 0 atom stereocenters. The normalized spacial score (nSPS) is 11.0. The van der Waals surface area contributed by atoms with Crippen molar-refractivity contribution in [2.24, 2.45) is 0 Å². The molecule has 0 radical (unpaired) electrons. The average molecular weight is 350 g/mol. The minimum atomic E-state index is -0.841. The first-order chi connectivity index (χ1) is 11.5. The van der Waals surface area contributed by atoms with E-state index in [9.17, 15) is 13.6 Å². The highest BCUT2D eigenvalue weighted by atomic mass is 35.5. The molecule has 0 fully saturated rings. The van der Waals surface area contributed by atoms with Crippen molar-refractivity contribution >= 4 is 28.8 Å². The number of nitrogens with zero attached hydrogens (tertiary/aromatic N) is 2. The van der Waals surface area contributed by atoms with Gasteiger partial charge >= 0.3 is 0 Å². The van der Waals surface area contributed by atoms with Gasteiger partial charge in [0.05, 0.1) is 10.7 Å². The van der Waals surface area contributed by atoms with Gasteiger partial charge in [-0.15, -0.1) is 0 Å². The van der Waals surface area contributed by atoms with E-state index in [0.717, 1.165) is 18.6 Å². The number of carbonyl (C=O) groups is 1. The number of imidazole rings is 1. The van der Waals surface area contributed by atoms with Gasteiger partial charge in [0.1, 0.15) is 28.7 Å². The van der Waals surface area contributed by atoms with Gasteiger partial charge in [-0.05, 0) is 30.7 Å². The molecule has 0 aliphatic heterocycles. The second-order valence-electron chi connectivity index (χ2n) is 5.28. The van der Waals surface area contributed by atoms with Gasteiger partial charge in [0.15, 0.2) is 0 Å². The van der Waals surface area contributed by atoms with Gasteiger partial charge in [0, 0.05) is 6.20 Å².